The van der Waals surface area contributed by atoms with Crippen molar-refractivity contribution in [2.75, 3.05) is 13.1 Å². The average Bonchev–Trinajstić information content (AvgIpc) is 2.98. The zero-order valence-electron chi connectivity index (χ0n) is 12.6. The maximum absolute atomic E-state index is 11.1. The van der Waals surface area contributed by atoms with E-state index in [9.17, 15) is 5.11 Å². The minimum atomic E-state index is -0.778. The second kappa shape index (κ2) is 6.00. The first kappa shape index (κ1) is 14.3. The van der Waals surface area contributed by atoms with Gasteiger partial charge in [0.15, 0.2) is 0 Å². The molecule has 0 saturated carbocycles. The molecule has 4 nitrogen and oxygen atoms in total. The van der Waals surface area contributed by atoms with Gasteiger partial charge in [-0.2, -0.15) is 5.10 Å². The van der Waals surface area contributed by atoms with Crippen molar-refractivity contribution < 1.29 is 5.11 Å². The van der Waals surface area contributed by atoms with Gasteiger partial charge in [0.25, 0.3) is 0 Å². The summed E-state index contributed by atoms with van der Waals surface area (Å²) in [6.45, 7) is 5.46. The van der Waals surface area contributed by atoms with Gasteiger partial charge in [0.05, 0.1) is 5.69 Å². The van der Waals surface area contributed by atoms with Gasteiger partial charge in [-0.15, -0.1) is 0 Å². The highest BCUT2D eigenvalue weighted by Gasteiger charge is 2.37. The van der Waals surface area contributed by atoms with Gasteiger partial charge in [-0.25, -0.2) is 0 Å². The summed E-state index contributed by atoms with van der Waals surface area (Å²) in [5, 5.41) is 15.4. The molecule has 0 spiro atoms. The quantitative estimate of drug-likeness (QED) is 0.938. The summed E-state index contributed by atoms with van der Waals surface area (Å²) >= 11 is 0. The molecule has 1 fully saturated rings. The van der Waals surface area contributed by atoms with Crippen molar-refractivity contribution in [3.05, 3.63) is 53.9 Å². The number of piperidine rings is 1. The fourth-order valence-electron chi connectivity index (χ4n) is 3.29. The summed E-state index contributed by atoms with van der Waals surface area (Å²) in [5.41, 5.74) is 1.47. The molecule has 1 aliphatic rings. The van der Waals surface area contributed by atoms with Crippen LogP contribution in [0.15, 0.2) is 42.6 Å². The van der Waals surface area contributed by atoms with Crippen LogP contribution in [0.4, 0.5) is 0 Å². The SMILES string of the molecule is CCn1nccc1C1(O)CCCN(Cc2ccccc2)C1. The molecule has 2 aromatic rings. The molecule has 1 unspecified atom stereocenters. The van der Waals surface area contributed by atoms with E-state index < -0.39 is 5.60 Å². The van der Waals surface area contributed by atoms with Gasteiger partial charge in [0, 0.05) is 25.8 Å². The smallest absolute Gasteiger partial charge is 0.119 e. The van der Waals surface area contributed by atoms with Crippen molar-refractivity contribution in [3.63, 3.8) is 0 Å². The van der Waals surface area contributed by atoms with Gasteiger partial charge < -0.3 is 5.11 Å². The first-order valence-corrected chi connectivity index (χ1v) is 7.72. The average molecular weight is 285 g/mol. The molecule has 112 valence electrons. The Kier molecular flexibility index (Phi) is 4.08. The van der Waals surface area contributed by atoms with Gasteiger partial charge in [-0.1, -0.05) is 30.3 Å². The zero-order chi connectivity index (χ0) is 14.7. The first-order valence-electron chi connectivity index (χ1n) is 7.72. The normalized spacial score (nSPS) is 23.3. The number of β-amino-alcohol motifs (C(OH)–C–C–N with tert-alkyl or cyclic N) is 1. The van der Waals surface area contributed by atoms with E-state index in [1.54, 1.807) is 6.20 Å². The van der Waals surface area contributed by atoms with Crippen LogP contribution in [0.3, 0.4) is 0 Å². The van der Waals surface area contributed by atoms with Crippen LogP contribution in [0.25, 0.3) is 0 Å². The third-order valence-corrected chi connectivity index (χ3v) is 4.29. The number of nitrogens with zero attached hydrogens (tertiary/aromatic N) is 3. The van der Waals surface area contributed by atoms with E-state index in [0.29, 0.717) is 6.54 Å². The predicted molar refractivity (Wildman–Crippen MR) is 82.8 cm³/mol. The Hall–Kier alpha value is -1.65. The molecule has 2 heterocycles. The summed E-state index contributed by atoms with van der Waals surface area (Å²) in [6, 6.07) is 12.4. The maximum atomic E-state index is 11.1. The standard InChI is InChI=1S/C17H23N3O/c1-2-20-16(9-11-18-20)17(21)10-6-12-19(14-17)13-15-7-4-3-5-8-15/h3-5,7-9,11,21H,2,6,10,12-14H2,1H3. The molecule has 21 heavy (non-hydrogen) atoms. The van der Waals surface area contributed by atoms with Crippen molar-refractivity contribution in [2.45, 2.75) is 38.5 Å². The highest BCUT2D eigenvalue weighted by atomic mass is 16.3. The molecule has 1 aliphatic heterocycles. The van der Waals surface area contributed by atoms with Gasteiger partial charge in [0.2, 0.25) is 0 Å². The van der Waals surface area contributed by atoms with Crippen LogP contribution in [-0.4, -0.2) is 32.9 Å². The van der Waals surface area contributed by atoms with E-state index in [4.69, 9.17) is 0 Å². The topological polar surface area (TPSA) is 41.3 Å². The molecular formula is C17H23N3O. The molecule has 0 bridgehead atoms. The van der Waals surface area contributed by atoms with E-state index in [-0.39, 0.29) is 0 Å². The molecule has 1 aromatic heterocycles. The molecule has 0 radical (unpaired) electrons. The fourth-order valence-corrected chi connectivity index (χ4v) is 3.29. The summed E-state index contributed by atoms with van der Waals surface area (Å²) in [7, 11) is 0. The van der Waals surface area contributed by atoms with Gasteiger partial charge in [0.1, 0.15) is 5.60 Å². The number of likely N-dealkylation sites (tertiary alicyclic amines) is 1. The van der Waals surface area contributed by atoms with Crippen LogP contribution in [0.1, 0.15) is 31.0 Å². The second-order valence-electron chi connectivity index (χ2n) is 5.86. The number of aryl methyl sites for hydroxylation is 1. The number of aliphatic hydroxyl groups is 1. The van der Waals surface area contributed by atoms with Crippen molar-refractivity contribution >= 4 is 0 Å². The lowest BCUT2D eigenvalue weighted by atomic mass is 9.89. The Morgan fingerprint density at radius 2 is 2.05 bits per heavy atom. The summed E-state index contributed by atoms with van der Waals surface area (Å²) < 4.78 is 1.91. The van der Waals surface area contributed by atoms with Crippen molar-refractivity contribution in [1.29, 1.82) is 0 Å². The second-order valence-corrected chi connectivity index (χ2v) is 5.86. The van der Waals surface area contributed by atoms with E-state index in [0.717, 1.165) is 38.2 Å². The Morgan fingerprint density at radius 3 is 2.81 bits per heavy atom. The molecular weight excluding hydrogens is 262 g/mol. The maximum Gasteiger partial charge on any atom is 0.119 e. The largest absolute Gasteiger partial charge is 0.382 e. The highest BCUT2D eigenvalue weighted by molar-refractivity contribution is 5.17. The Balaban J connectivity index is 1.76. The van der Waals surface area contributed by atoms with Crippen molar-refractivity contribution in [3.8, 4) is 0 Å². The molecule has 1 saturated heterocycles. The van der Waals surface area contributed by atoms with E-state index in [2.05, 4.69) is 41.2 Å². The Morgan fingerprint density at radius 1 is 1.24 bits per heavy atom. The third-order valence-electron chi connectivity index (χ3n) is 4.29. The molecule has 1 atom stereocenters. The Labute approximate surface area is 126 Å². The lowest BCUT2D eigenvalue weighted by molar-refractivity contribution is -0.0444. The number of rotatable bonds is 4. The molecule has 1 aromatic carbocycles. The lowest BCUT2D eigenvalue weighted by Gasteiger charge is -2.39. The number of aromatic nitrogens is 2. The summed E-state index contributed by atoms with van der Waals surface area (Å²) in [4.78, 5) is 2.34. The third kappa shape index (κ3) is 3.01. The molecule has 1 N–H and O–H groups in total. The fraction of sp³-hybridized carbons (Fsp3) is 0.471. The number of hydrogen-bond acceptors (Lipinski definition) is 3. The van der Waals surface area contributed by atoms with Gasteiger partial charge in [-0.05, 0) is 37.9 Å². The molecule has 3 rings (SSSR count). The predicted octanol–water partition coefficient (Wildman–Crippen LogP) is 2.39. The lowest BCUT2D eigenvalue weighted by Crippen LogP contribution is -2.46. The molecule has 0 amide bonds. The van der Waals surface area contributed by atoms with Crippen LogP contribution in [-0.2, 0) is 18.7 Å². The molecule has 4 heteroatoms. The van der Waals surface area contributed by atoms with Crippen LogP contribution in [0, 0.1) is 0 Å². The van der Waals surface area contributed by atoms with Crippen LogP contribution in [0.2, 0.25) is 0 Å². The minimum Gasteiger partial charge on any atom is -0.382 e. The zero-order valence-corrected chi connectivity index (χ0v) is 12.6. The first-order chi connectivity index (χ1) is 10.2. The monoisotopic (exact) mass is 285 g/mol. The van der Waals surface area contributed by atoms with E-state index in [1.807, 2.05) is 16.8 Å². The Bertz CT molecular complexity index is 581. The van der Waals surface area contributed by atoms with Gasteiger partial charge in [-0.3, -0.25) is 9.58 Å². The van der Waals surface area contributed by atoms with Crippen molar-refractivity contribution in [1.82, 2.24) is 14.7 Å². The number of hydrogen-bond donors (Lipinski definition) is 1. The van der Waals surface area contributed by atoms with E-state index in [1.165, 1.54) is 5.56 Å². The van der Waals surface area contributed by atoms with E-state index >= 15 is 0 Å². The van der Waals surface area contributed by atoms with Crippen LogP contribution < -0.4 is 0 Å². The summed E-state index contributed by atoms with van der Waals surface area (Å²) in [5.74, 6) is 0. The van der Waals surface area contributed by atoms with Crippen LogP contribution >= 0.6 is 0 Å². The molecule has 0 aliphatic carbocycles. The van der Waals surface area contributed by atoms with Crippen LogP contribution in [0.5, 0.6) is 0 Å². The van der Waals surface area contributed by atoms with Gasteiger partial charge >= 0.3 is 0 Å². The van der Waals surface area contributed by atoms with Crippen molar-refractivity contribution in [2.24, 2.45) is 0 Å². The number of benzene rings is 1. The minimum absolute atomic E-state index is 0.674. The summed E-state index contributed by atoms with van der Waals surface area (Å²) in [6.07, 6.45) is 3.61. The highest BCUT2D eigenvalue weighted by Crippen LogP contribution is 2.32.